The number of carbonyl (C=O) groups is 1. The Hall–Kier alpha value is -1.36. The Morgan fingerprint density at radius 3 is 2.06 bits per heavy atom. The van der Waals surface area contributed by atoms with E-state index < -0.39 is 17.3 Å². The Morgan fingerprint density at radius 1 is 1.17 bits per heavy atom. The summed E-state index contributed by atoms with van der Waals surface area (Å²) in [7, 11) is 1.42. The lowest BCUT2D eigenvalue weighted by Crippen LogP contribution is -2.35. The molecule has 0 amide bonds. The van der Waals surface area contributed by atoms with Gasteiger partial charge >= 0.3 is 6.18 Å². The molecule has 0 aliphatic heterocycles. The fourth-order valence-electron chi connectivity index (χ4n) is 1.32. The molecule has 18 heavy (non-hydrogen) atoms. The van der Waals surface area contributed by atoms with Crippen LogP contribution in [0.2, 0.25) is 0 Å². The van der Waals surface area contributed by atoms with Gasteiger partial charge in [0.1, 0.15) is 5.60 Å². The van der Waals surface area contributed by atoms with Crippen LogP contribution in [0.3, 0.4) is 0 Å². The molecule has 1 aromatic carbocycles. The lowest BCUT2D eigenvalue weighted by atomic mass is 9.96. The van der Waals surface area contributed by atoms with E-state index >= 15 is 0 Å². The van der Waals surface area contributed by atoms with Crippen molar-refractivity contribution in [3.8, 4) is 0 Å². The Bertz CT molecular complexity index is 419. The van der Waals surface area contributed by atoms with Crippen LogP contribution in [0.15, 0.2) is 24.3 Å². The molecule has 0 unspecified atom stereocenters. The van der Waals surface area contributed by atoms with Gasteiger partial charge in [0.25, 0.3) is 0 Å². The highest BCUT2D eigenvalue weighted by atomic mass is 19.4. The first-order valence-corrected chi connectivity index (χ1v) is 5.41. The van der Waals surface area contributed by atoms with E-state index in [1.165, 1.54) is 19.2 Å². The number of carbonyl (C=O) groups excluding carboxylic acids is 1. The molecule has 0 heterocycles. The van der Waals surface area contributed by atoms with Gasteiger partial charge in [-0.05, 0) is 31.5 Å². The minimum absolute atomic E-state index is 0.0545. The van der Waals surface area contributed by atoms with Crippen LogP contribution < -0.4 is 0 Å². The first-order valence-electron chi connectivity index (χ1n) is 5.41. The van der Waals surface area contributed by atoms with Gasteiger partial charge in [-0.2, -0.15) is 13.2 Å². The van der Waals surface area contributed by atoms with Crippen LogP contribution in [0.4, 0.5) is 13.2 Å². The molecule has 1 aromatic rings. The second-order valence-electron chi connectivity index (χ2n) is 4.51. The van der Waals surface area contributed by atoms with Crippen LogP contribution in [-0.4, -0.2) is 18.5 Å². The number of ketones is 1. The number of Topliss-reactive ketones (excluding diaryl/α,β-unsaturated/α-hetero) is 1. The molecule has 1 rings (SSSR count). The molecule has 0 aliphatic carbocycles. The molecule has 0 atom stereocenters. The van der Waals surface area contributed by atoms with Gasteiger partial charge in [-0.15, -0.1) is 0 Å². The van der Waals surface area contributed by atoms with Crippen LogP contribution in [0.5, 0.6) is 0 Å². The minimum Gasteiger partial charge on any atom is -0.371 e. The third-order valence-electron chi connectivity index (χ3n) is 2.83. The van der Waals surface area contributed by atoms with Crippen LogP contribution in [0.1, 0.15) is 25.0 Å². The highest BCUT2D eigenvalue weighted by Crippen LogP contribution is 2.29. The van der Waals surface area contributed by atoms with E-state index in [1.807, 2.05) is 0 Å². The smallest absolute Gasteiger partial charge is 0.371 e. The van der Waals surface area contributed by atoms with E-state index in [0.717, 1.165) is 12.1 Å². The maximum absolute atomic E-state index is 12.3. The Kier molecular flexibility index (Phi) is 4.16. The third kappa shape index (κ3) is 3.57. The molecule has 5 heteroatoms. The molecule has 0 saturated heterocycles. The highest BCUT2D eigenvalue weighted by molar-refractivity contribution is 5.88. The SMILES string of the molecule is COC(C)(C)C(=O)Cc1ccc(C(F)(F)F)cc1. The maximum atomic E-state index is 12.3. The predicted octanol–water partition coefficient (Wildman–Crippen LogP) is 3.24. The fraction of sp³-hybridized carbons (Fsp3) is 0.462. The van der Waals surface area contributed by atoms with Gasteiger partial charge in [0, 0.05) is 13.5 Å². The molecule has 100 valence electrons. The van der Waals surface area contributed by atoms with E-state index in [2.05, 4.69) is 0 Å². The second-order valence-corrected chi connectivity index (χ2v) is 4.51. The van der Waals surface area contributed by atoms with Gasteiger partial charge in [-0.25, -0.2) is 0 Å². The van der Waals surface area contributed by atoms with Crippen LogP contribution in [0.25, 0.3) is 0 Å². The normalized spacial score (nSPS) is 12.6. The van der Waals surface area contributed by atoms with Crippen molar-refractivity contribution >= 4 is 5.78 Å². The summed E-state index contributed by atoms with van der Waals surface area (Å²) in [5.41, 5.74) is -1.11. The quantitative estimate of drug-likeness (QED) is 0.830. The van der Waals surface area contributed by atoms with Crippen molar-refractivity contribution in [1.29, 1.82) is 0 Å². The average molecular weight is 260 g/mol. The highest BCUT2D eigenvalue weighted by Gasteiger charge is 2.30. The third-order valence-corrected chi connectivity index (χ3v) is 2.83. The van der Waals surface area contributed by atoms with Crippen molar-refractivity contribution < 1.29 is 22.7 Å². The molecule has 0 N–H and O–H groups in total. The number of ether oxygens (including phenoxy) is 1. The van der Waals surface area contributed by atoms with Gasteiger partial charge in [0.2, 0.25) is 0 Å². The minimum atomic E-state index is -4.35. The zero-order valence-electron chi connectivity index (χ0n) is 10.5. The molecular formula is C13H15F3O2. The van der Waals surface area contributed by atoms with Crippen LogP contribution in [0, 0.1) is 0 Å². The van der Waals surface area contributed by atoms with Crippen LogP contribution in [-0.2, 0) is 22.1 Å². The topological polar surface area (TPSA) is 26.3 Å². The van der Waals surface area contributed by atoms with Crippen LogP contribution >= 0.6 is 0 Å². The number of alkyl halides is 3. The van der Waals surface area contributed by atoms with E-state index in [-0.39, 0.29) is 12.2 Å². The summed E-state index contributed by atoms with van der Waals surface area (Å²) in [4.78, 5) is 11.8. The molecule has 0 saturated carbocycles. The molecular weight excluding hydrogens is 245 g/mol. The lowest BCUT2D eigenvalue weighted by molar-refractivity contribution is -0.137. The summed E-state index contributed by atoms with van der Waals surface area (Å²) in [5, 5.41) is 0. The molecule has 0 spiro atoms. The molecule has 0 aromatic heterocycles. The monoisotopic (exact) mass is 260 g/mol. The number of methoxy groups -OCH3 is 1. The summed E-state index contributed by atoms with van der Waals surface area (Å²) in [6.45, 7) is 3.25. The standard InChI is InChI=1S/C13H15F3O2/c1-12(2,18-3)11(17)8-9-4-6-10(7-5-9)13(14,15)16/h4-7H,8H2,1-3H3. The number of rotatable bonds is 4. The van der Waals surface area contributed by atoms with E-state index in [9.17, 15) is 18.0 Å². The Labute approximate surface area is 104 Å². The van der Waals surface area contributed by atoms with Gasteiger partial charge < -0.3 is 4.74 Å². The van der Waals surface area contributed by atoms with Crippen molar-refractivity contribution in [1.82, 2.24) is 0 Å². The molecule has 0 bridgehead atoms. The molecule has 0 fully saturated rings. The summed E-state index contributed by atoms with van der Waals surface area (Å²) in [5.74, 6) is -0.176. The second kappa shape index (κ2) is 5.10. The van der Waals surface area contributed by atoms with Gasteiger partial charge in [0.15, 0.2) is 5.78 Å². The number of hydrogen-bond acceptors (Lipinski definition) is 2. The lowest BCUT2D eigenvalue weighted by Gasteiger charge is -2.21. The first-order chi connectivity index (χ1) is 8.16. The Morgan fingerprint density at radius 2 is 1.67 bits per heavy atom. The largest absolute Gasteiger partial charge is 0.416 e. The number of halogens is 3. The molecule has 0 aliphatic rings. The van der Waals surface area contributed by atoms with E-state index in [0.29, 0.717) is 5.56 Å². The summed E-state index contributed by atoms with van der Waals surface area (Å²) >= 11 is 0. The summed E-state index contributed by atoms with van der Waals surface area (Å²) in [6, 6.07) is 4.57. The van der Waals surface area contributed by atoms with Crippen molar-refractivity contribution in [2.24, 2.45) is 0 Å². The number of hydrogen-bond donors (Lipinski definition) is 0. The first kappa shape index (κ1) is 14.7. The summed E-state index contributed by atoms with van der Waals surface area (Å²) < 4.78 is 42.0. The van der Waals surface area contributed by atoms with Crippen molar-refractivity contribution in [3.63, 3.8) is 0 Å². The average Bonchev–Trinajstić information content (AvgIpc) is 2.28. The molecule has 2 nitrogen and oxygen atoms in total. The zero-order valence-corrected chi connectivity index (χ0v) is 10.5. The molecule has 0 radical (unpaired) electrons. The van der Waals surface area contributed by atoms with Gasteiger partial charge in [-0.1, -0.05) is 12.1 Å². The van der Waals surface area contributed by atoms with Crippen molar-refractivity contribution in [3.05, 3.63) is 35.4 Å². The van der Waals surface area contributed by atoms with Crippen molar-refractivity contribution in [2.75, 3.05) is 7.11 Å². The van der Waals surface area contributed by atoms with Gasteiger partial charge in [0.05, 0.1) is 5.56 Å². The van der Waals surface area contributed by atoms with Gasteiger partial charge in [-0.3, -0.25) is 4.79 Å². The predicted molar refractivity (Wildman–Crippen MR) is 61.2 cm³/mol. The zero-order chi connectivity index (χ0) is 14.0. The Balaban J connectivity index is 2.79. The summed E-state index contributed by atoms with van der Waals surface area (Å²) in [6.07, 6.45) is -4.30. The van der Waals surface area contributed by atoms with Crippen molar-refractivity contribution in [2.45, 2.75) is 32.0 Å². The van der Waals surface area contributed by atoms with E-state index in [1.54, 1.807) is 13.8 Å². The van der Waals surface area contributed by atoms with E-state index in [4.69, 9.17) is 4.74 Å². The number of benzene rings is 1. The maximum Gasteiger partial charge on any atom is 0.416 e. The fourth-order valence-corrected chi connectivity index (χ4v) is 1.32.